The lowest BCUT2D eigenvalue weighted by molar-refractivity contribution is -0.137. The minimum atomic E-state index is -4.50. The van der Waals surface area contributed by atoms with Crippen LogP contribution < -0.4 is 16.4 Å². The number of ether oxygens (including phenoxy) is 1. The monoisotopic (exact) mass is 566 g/mol. The summed E-state index contributed by atoms with van der Waals surface area (Å²) in [6.45, 7) is 0.633. The topological polar surface area (TPSA) is 114 Å². The Hall–Kier alpha value is -3.77. The molecule has 4 rings (SSSR count). The zero-order valence-corrected chi connectivity index (χ0v) is 21.3. The summed E-state index contributed by atoms with van der Waals surface area (Å²) in [6, 6.07) is 11.0. The highest BCUT2D eigenvalue weighted by molar-refractivity contribution is 7.18. The molecule has 0 aliphatic carbocycles. The number of benzene rings is 2. The Labute approximate surface area is 224 Å². The van der Waals surface area contributed by atoms with Gasteiger partial charge in [-0.25, -0.2) is 14.4 Å². The van der Waals surface area contributed by atoms with Crippen LogP contribution in [0.2, 0.25) is 5.02 Å². The number of primary amides is 1. The van der Waals surface area contributed by atoms with E-state index in [0.717, 1.165) is 41.2 Å². The molecular weight excluding hydrogens is 545 g/mol. The van der Waals surface area contributed by atoms with Crippen LogP contribution in [0.1, 0.15) is 28.1 Å². The number of urea groups is 2. The number of hydrogen-bond donors (Lipinski definition) is 3. The molecule has 1 fully saturated rings. The van der Waals surface area contributed by atoms with Crippen molar-refractivity contribution in [2.75, 3.05) is 23.7 Å². The molecule has 1 saturated heterocycles. The number of rotatable bonds is 5. The van der Waals surface area contributed by atoms with E-state index >= 15 is 0 Å². The van der Waals surface area contributed by atoms with Crippen molar-refractivity contribution in [1.82, 2.24) is 4.90 Å². The maximum atomic E-state index is 13.1. The zero-order chi connectivity index (χ0) is 27.4. The minimum Gasteiger partial charge on any atom is -0.456 e. The molecule has 4 N–H and O–H groups in total. The molecule has 8 nitrogen and oxygen atoms in total. The molecule has 200 valence electrons. The molecule has 3 aromatic rings. The van der Waals surface area contributed by atoms with E-state index in [-0.39, 0.29) is 22.8 Å². The fourth-order valence-electron chi connectivity index (χ4n) is 3.86. The Morgan fingerprint density at radius 2 is 1.74 bits per heavy atom. The van der Waals surface area contributed by atoms with Gasteiger partial charge in [-0.1, -0.05) is 23.7 Å². The quantitative estimate of drug-likeness (QED) is 0.309. The number of thiophene rings is 1. The summed E-state index contributed by atoms with van der Waals surface area (Å²) >= 11 is 7.06. The van der Waals surface area contributed by atoms with E-state index in [2.05, 4.69) is 10.6 Å². The third-order valence-corrected chi connectivity index (χ3v) is 7.14. The molecule has 1 unspecified atom stereocenters. The molecule has 0 spiro atoms. The largest absolute Gasteiger partial charge is 0.456 e. The Bertz CT molecular complexity index is 1330. The van der Waals surface area contributed by atoms with E-state index in [1.807, 2.05) is 0 Å². The van der Waals surface area contributed by atoms with Gasteiger partial charge < -0.3 is 26.0 Å². The van der Waals surface area contributed by atoms with Crippen LogP contribution in [-0.4, -0.2) is 42.1 Å². The van der Waals surface area contributed by atoms with Crippen molar-refractivity contribution in [1.29, 1.82) is 0 Å². The zero-order valence-electron chi connectivity index (χ0n) is 19.7. The highest BCUT2D eigenvalue weighted by atomic mass is 35.5. The standard InChI is InChI=1S/C25H22ClF3N4O4S/c26-16-7-3-14(4-8-16)20-12-19(32-24(36)31-17-9-5-15(6-10-17)25(27,28)29)21(38-20)22(34)37-18-2-1-11-33(13-18)23(30)35/h3-10,12,18H,1-2,11,13H2,(H2,30,35)(H2,31,32,36). The molecule has 1 aromatic heterocycles. The molecule has 38 heavy (non-hydrogen) atoms. The predicted molar refractivity (Wildman–Crippen MR) is 138 cm³/mol. The second-order valence-corrected chi connectivity index (χ2v) is 9.96. The fourth-order valence-corrected chi connectivity index (χ4v) is 4.99. The van der Waals surface area contributed by atoms with Crippen molar-refractivity contribution < 1.29 is 32.3 Å². The molecule has 1 aliphatic heterocycles. The number of piperidine rings is 1. The summed E-state index contributed by atoms with van der Waals surface area (Å²) in [4.78, 5) is 39.5. The normalized spacial score (nSPS) is 15.6. The highest BCUT2D eigenvalue weighted by Crippen LogP contribution is 2.36. The summed E-state index contributed by atoms with van der Waals surface area (Å²) in [7, 11) is 0. The first-order valence-corrected chi connectivity index (χ1v) is 12.6. The Morgan fingerprint density at radius 1 is 1.05 bits per heavy atom. The van der Waals surface area contributed by atoms with E-state index in [4.69, 9.17) is 22.1 Å². The van der Waals surface area contributed by atoms with Gasteiger partial charge >= 0.3 is 24.2 Å². The lowest BCUT2D eigenvalue weighted by atomic mass is 10.1. The number of hydrogen-bond acceptors (Lipinski definition) is 5. The predicted octanol–water partition coefficient (Wildman–Crippen LogP) is 6.43. The number of carbonyl (C=O) groups is 3. The van der Waals surface area contributed by atoms with Gasteiger partial charge in [-0.05, 0) is 60.9 Å². The number of nitrogens with zero attached hydrogens (tertiary/aromatic N) is 1. The molecule has 1 atom stereocenters. The maximum absolute atomic E-state index is 13.1. The number of nitrogens with two attached hydrogens (primary N) is 1. The van der Waals surface area contributed by atoms with Crippen molar-refractivity contribution in [2.24, 2.45) is 5.73 Å². The lowest BCUT2D eigenvalue weighted by Crippen LogP contribution is -2.46. The summed E-state index contributed by atoms with van der Waals surface area (Å²) in [6.07, 6.45) is -3.92. The van der Waals surface area contributed by atoms with Crippen molar-refractivity contribution in [3.63, 3.8) is 0 Å². The van der Waals surface area contributed by atoms with Crippen LogP contribution in [-0.2, 0) is 10.9 Å². The maximum Gasteiger partial charge on any atom is 0.416 e. The van der Waals surface area contributed by atoms with Gasteiger partial charge in [0.2, 0.25) is 0 Å². The van der Waals surface area contributed by atoms with Gasteiger partial charge in [0, 0.05) is 22.1 Å². The minimum absolute atomic E-state index is 0.105. The molecule has 2 aromatic carbocycles. The van der Waals surface area contributed by atoms with Crippen LogP contribution in [0.25, 0.3) is 10.4 Å². The Morgan fingerprint density at radius 3 is 2.37 bits per heavy atom. The third-order valence-electron chi connectivity index (χ3n) is 5.73. The number of carbonyl (C=O) groups excluding carboxylic acids is 3. The van der Waals surface area contributed by atoms with Crippen LogP contribution in [0.4, 0.5) is 34.1 Å². The fraction of sp³-hybridized carbons (Fsp3) is 0.240. The number of anilines is 2. The van der Waals surface area contributed by atoms with Gasteiger partial charge in [0.1, 0.15) is 11.0 Å². The molecule has 2 heterocycles. The van der Waals surface area contributed by atoms with Gasteiger partial charge in [0.05, 0.1) is 17.8 Å². The molecule has 0 radical (unpaired) electrons. The third kappa shape index (κ3) is 6.75. The molecule has 13 heteroatoms. The summed E-state index contributed by atoms with van der Waals surface area (Å²) in [5, 5.41) is 5.55. The van der Waals surface area contributed by atoms with E-state index in [1.165, 1.54) is 4.90 Å². The van der Waals surface area contributed by atoms with Crippen molar-refractivity contribution in [3.8, 4) is 10.4 Å². The van der Waals surface area contributed by atoms with Gasteiger partial charge in [0.15, 0.2) is 0 Å². The van der Waals surface area contributed by atoms with E-state index < -0.39 is 35.9 Å². The number of alkyl halides is 3. The highest BCUT2D eigenvalue weighted by Gasteiger charge is 2.30. The molecular formula is C25H22ClF3N4O4S. The van der Waals surface area contributed by atoms with Crippen molar-refractivity contribution in [2.45, 2.75) is 25.1 Å². The number of esters is 1. The second-order valence-electron chi connectivity index (χ2n) is 8.47. The van der Waals surface area contributed by atoms with Crippen LogP contribution >= 0.6 is 22.9 Å². The van der Waals surface area contributed by atoms with Crippen LogP contribution in [0.5, 0.6) is 0 Å². The van der Waals surface area contributed by atoms with Gasteiger partial charge in [-0.3, -0.25) is 0 Å². The summed E-state index contributed by atoms with van der Waals surface area (Å²) in [5.41, 5.74) is 5.51. The van der Waals surface area contributed by atoms with E-state index in [1.54, 1.807) is 30.3 Å². The number of likely N-dealkylation sites (tertiary alicyclic amines) is 1. The first kappa shape index (κ1) is 27.3. The number of halogens is 4. The Balaban J connectivity index is 1.54. The number of amides is 4. The van der Waals surface area contributed by atoms with Gasteiger partial charge in [-0.15, -0.1) is 11.3 Å². The Kier molecular flexibility index (Phi) is 8.12. The van der Waals surface area contributed by atoms with Gasteiger partial charge in [-0.2, -0.15) is 13.2 Å². The van der Waals surface area contributed by atoms with Crippen LogP contribution in [0.15, 0.2) is 54.6 Å². The molecule has 4 amide bonds. The van der Waals surface area contributed by atoms with Crippen LogP contribution in [0, 0.1) is 0 Å². The summed E-state index contributed by atoms with van der Waals surface area (Å²) < 4.78 is 44.1. The summed E-state index contributed by atoms with van der Waals surface area (Å²) in [5.74, 6) is -0.698. The molecule has 0 saturated carbocycles. The first-order chi connectivity index (χ1) is 18.0. The average molecular weight is 567 g/mol. The molecule has 0 bridgehead atoms. The smallest absolute Gasteiger partial charge is 0.416 e. The average Bonchev–Trinajstić information content (AvgIpc) is 3.28. The van der Waals surface area contributed by atoms with E-state index in [9.17, 15) is 27.6 Å². The van der Waals surface area contributed by atoms with Crippen molar-refractivity contribution in [3.05, 3.63) is 70.1 Å². The lowest BCUT2D eigenvalue weighted by Gasteiger charge is -2.31. The van der Waals surface area contributed by atoms with Gasteiger partial charge in [0.25, 0.3) is 0 Å². The van der Waals surface area contributed by atoms with Crippen molar-refractivity contribution >= 4 is 52.3 Å². The second kappa shape index (κ2) is 11.3. The van der Waals surface area contributed by atoms with Crippen LogP contribution in [0.3, 0.4) is 0 Å². The number of nitrogens with one attached hydrogen (secondary N) is 2. The first-order valence-electron chi connectivity index (χ1n) is 11.4. The SMILES string of the molecule is NC(=O)N1CCCC(OC(=O)c2sc(-c3ccc(Cl)cc3)cc2NC(=O)Nc2ccc(C(F)(F)F)cc2)C1. The van der Waals surface area contributed by atoms with E-state index in [0.29, 0.717) is 29.3 Å². The molecule has 1 aliphatic rings.